The van der Waals surface area contributed by atoms with Crippen molar-refractivity contribution in [3.8, 4) is 0 Å². The van der Waals surface area contributed by atoms with Gasteiger partial charge in [0.05, 0.1) is 12.0 Å². The SMILES string of the molecule is CN[C@H](C(=O)N[C@@H](CCCNC(N)=O)C(=O)Nc1ccc(COC(=O)C(C)C)cc1)C(C)C. The average molecular weight is 464 g/mol. The highest BCUT2D eigenvalue weighted by atomic mass is 16.5. The van der Waals surface area contributed by atoms with Crippen molar-refractivity contribution in [3.63, 3.8) is 0 Å². The summed E-state index contributed by atoms with van der Waals surface area (Å²) in [5, 5.41) is 11.0. The number of hydrogen-bond acceptors (Lipinski definition) is 6. The van der Waals surface area contributed by atoms with Crippen LogP contribution in [0.25, 0.3) is 0 Å². The summed E-state index contributed by atoms with van der Waals surface area (Å²) in [6, 6.07) is 5.02. The molecule has 184 valence electrons. The molecule has 10 heteroatoms. The molecule has 0 spiro atoms. The molecule has 33 heavy (non-hydrogen) atoms. The van der Waals surface area contributed by atoms with Gasteiger partial charge in [0.15, 0.2) is 0 Å². The summed E-state index contributed by atoms with van der Waals surface area (Å²) in [6.45, 7) is 7.79. The van der Waals surface area contributed by atoms with E-state index in [-0.39, 0.29) is 36.2 Å². The van der Waals surface area contributed by atoms with E-state index in [1.165, 1.54) is 0 Å². The summed E-state index contributed by atoms with van der Waals surface area (Å²) in [4.78, 5) is 48.0. The van der Waals surface area contributed by atoms with Crippen molar-refractivity contribution in [3.05, 3.63) is 29.8 Å². The Morgan fingerprint density at radius 1 is 1.00 bits per heavy atom. The first-order chi connectivity index (χ1) is 15.5. The fourth-order valence-electron chi connectivity index (χ4n) is 3.05. The molecule has 0 aromatic heterocycles. The quantitative estimate of drug-likeness (QED) is 0.221. The predicted octanol–water partition coefficient (Wildman–Crippen LogP) is 1.50. The predicted molar refractivity (Wildman–Crippen MR) is 126 cm³/mol. The number of hydrogen-bond donors (Lipinski definition) is 5. The fraction of sp³-hybridized carbons (Fsp3) is 0.565. The Kier molecular flexibility index (Phi) is 11.9. The minimum absolute atomic E-state index is 0.0348. The van der Waals surface area contributed by atoms with Crippen LogP contribution in [0.15, 0.2) is 24.3 Å². The molecule has 0 aliphatic heterocycles. The first-order valence-electron chi connectivity index (χ1n) is 11.1. The Hall–Kier alpha value is -3.14. The molecule has 0 aliphatic carbocycles. The van der Waals surface area contributed by atoms with E-state index >= 15 is 0 Å². The zero-order valence-electron chi connectivity index (χ0n) is 20.1. The molecular formula is C23H37N5O5. The Morgan fingerprint density at radius 2 is 1.64 bits per heavy atom. The van der Waals surface area contributed by atoms with Crippen LogP contribution in [-0.2, 0) is 25.7 Å². The molecular weight excluding hydrogens is 426 g/mol. The smallest absolute Gasteiger partial charge is 0.312 e. The van der Waals surface area contributed by atoms with Crippen LogP contribution in [0, 0.1) is 11.8 Å². The zero-order valence-corrected chi connectivity index (χ0v) is 20.1. The van der Waals surface area contributed by atoms with Crippen LogP contribution in [0.2, 0.25) is 0 Å². The van der Waals surface area contributed by atoms with Gasteiger partial charge in [0.2, 0.25) is 11.8 Å². The maximum Gasteiger partial charge on any atom is 0.312 e. The van der Waals surface area contributed by atoms with Crippen LogP contribution in [-0.4, -0.2) is 49.5 Å². The Bertz CT molecular complexity index is 795. The first-order valence-corrected chi connectivity index (χ1v) is 11.1. The average Bonchev–Trinajstić information content (AvgIpc) is 2.74. The first kappa shape index (κ1) is 27.9. The van der Waals surface area contributed by atoms with Crippen molar-refractivity contribution >= 4 is 29.5 Å². The number of benzene rings is 1. The van der Waals surface area contributed by atoms with E-state index in [1.807, 2.05) is 13.8 Å². The summed E-state index contributed by atoms with van der Waals surface area (Å²) in [5.41, 5.74) is 6.41. The third kappa shape index (κ3) is 10.3. The minimum Gasteiger partial charge on any atom is -0.461 e. The number of urea groups is 1. The van der Waals surface area contributed by atoms with E-state index in [4.69, 9.17) is 10.5 Å². The molecule has 1 aromatic rings. The fourth-order valence-corrected chi connectivity index (χ4v) is 3.05. The van der Waals surface area contributed by atoms with Crippen molar-refractivity contribution < 1.29 is 23.9 Å². The van der Waals surface area contributed by atoms with Gasteiger partial charge in [-0.25, -0.2) is 4.79 Å². The van der Waals surface area contributed by atoms with Gasteiger partial charge in [0.1, 0.15) is 12.6 Å². The Labute approximate surface area is 195 Å². The van der Waals surface area contributed by atoms with Crippen LogP contribution >= 0.6 is 0 Å². The highest BCUT2D eigenvalue weighted by Crippen LogP contribution is 2.13. The summed E-state index contributed by atoms with van der Waals surface area (Å²) in [6.07, 6.45) is 0.767. The normalized spacial score (nSPS) is 12.7. The second-order valence-electron chi connectivity index (χ2n) is 8.45. The van der Waals surface area contributed by atoms with E-state index in [9.17, 15) is 19.2 Å². The summed E-state index contributed by atoms with van der Waals surface area (Å²) >= 11 is 0. The van der Waals surface area contributed by atoms with E-state index in [0.717, 1.165) is 5.56 Å². The van der Waals surface area contributed by atoms with Crippen molar-refractivity contribution in [2.75, 3.05) is 18.9 Å². The number of nitrogens with one attached hydrogen (secondary N) is 4. The molecule has 1 aromatic carbocycles. The molecule has 0 fully saturated rings. The molecule has 0 heterocycles. The molecule has 2 atom stereocenters. The van der Waals surface area contributed by atoms with E-state index in [0.29, 0.717) is 25.1 Å². The minimum atomic E-state index is -0.798. The van der Waals surface area contributed by atoms with Gasteiger partial charge in [-0.1, -0.05) is 39.8 Å². The maximum atomic E-state index is 12.9. The molecule has 0 saturated heterocycles. The molecule has 6 N–H and O–H groups in total. The standard InChI is InChI=1S/C23H37N5O5/c1-14(2)19(25-5)21(30)28-18(7-6-12-26-23(24)32)20(29)27-17-10-8-16(9-11-17)13-33-22(31)15(3)4/h8-11,14-15,18-19,25H,6-7,12-13H2,1-5H3,(H,27,29)(H,28,30)(H3,24,26,32)/t18-,19-/m0/s1. The van der Waals surface area contributed by atoms with Gasteiger partial charge in [-0.2, -0.15) is 0 Å². The van der Waals surface area contributed by atoms with Crippen LogP contribution in [0.1, 0.15) is 46.1 Å². The van der Waals surface area contributed by atoms with Crippen LogP contribution in [0.3, 0.4) is 0 Å². The lowest BCUT2D eigenvalue weighted by Crippen LogP contribution is -2.52. The Morgan fingerprint density at radius 3 is 2.15 bits per heavy atom. The van der Waals surface area contributed by atoms with Crippen LogP contribution in [0.4, 0.5) is 10.5 Å². The molecule has 10 nitrogen and oxygen atoms in total. The summed E-state index contributed by atoms with van der Waals surface area (Å²) in [7, 11) is 1.69. The van der Waals surface area contributed by atoms with E-state index in [2.05, 4.69) is 21.3 Å². The highest BCUT2D eigenvalue weighted by molar-refractivity contribution is 5.97. The number of carbonyl (C=O) groups excluding carboxylic acids is 4. The number of likely N-dealkylation sites (N-methyl/N-ethyl adjacent to an activating group) is 1. The number of ether oxygens (including phenoxy) is 1. The summed E-state index contributed by atoms with van der Waals surface area (Å²) < 4.78 is 5.20. The van der Waals surface area contributed by atoms with Gasteiger partial charge in [-0.3, -0.25) is 14.4 Å². The van der Waals surface area contributed by atoms with Gasteiger partial charge in [-0.15, -0.1) is 0 Å². The van der Waals surface area contributed by atoms with Crippen molar-refractivity contribution in [2.45, 2.75) is 59.2 Å². The van der Waals surface area contributed by atoms with Crippen molar-refractivity contribution in [1.29, 1.82) is 0 Å². The molecule has 0 aliphatic rings. The molecule has 0 bridgehead atoms. The Balaban J connectivity index is 2.79. The van der Waals surface area contributed by atoms with Gasteiger partial charge >= 0.3 is 12.0 Å². The number of anilines is 1. The largest absolute Gasteiger partial charge is 0.461 e. The molecule has 4 amide bonds. The van der Waals surface area contributed by atoms with Crippen LogP contribution in [0.5, 0.6) is 0 Å². The lowest BCUT2D eigenvalue weighted by Gasteiger charge is -2.24. The van der Waals surface area contributed by atoms with Gasteiger partial charge in [0, 0.05) is 12.2 Å². The third-order valence-corrected chi connectivity index (χ3v) is 4.94. The zero-order chi connectivity index (χ0) is 25.0. The van der Waals surface area contributed by atoms with Gasteiger partial charge < -0.3 is 31.7 Å². The number of esters is 1. The molecule has 1 rings (SSSR count). The van der Waals surface area contributed by atoms with Crippen LogP contribution < -0.4 is 27.0 Å². The highest BCUT2D eigenvalue weighted by Gasteiger charge is 2.26. The van der Waals surface area contributed by atoms with Crippen molar-refractivity contribution in [2.24, 2.45) is 17.6 Å². The monoisotopic (exact) mass is 463 g/mol. The number of amides is 4. The lowest BCUT2D eigenvalue weighted by molar-refractivity contribution is -0.148. The van der Waals surface area contributed by atoms with Gasteiger partial charge in [-0.05, 0) is 43.5 Å². The van der Waals surface area contributed by atoms with E-state index in [1.54, 1.807) is 45.2 Å². The van der Waals surface area contributed by atoms with E-state index < -0.39 is 18.1 Å². The topological polar surface area (TPSA) is 152 Å². The molecule has 0 radical (unpaired) electrons. The number of primary amides is 1. The third-order valence-electron chi connectivity index (χ3n) is 4.94. The number of rotatable bonds is 13. The van der Waals surface area contributed by atoms with Crippen molar-refractivity contribution in [1.82, 2.24) is 16.0 Å². The molecule has 0 unspecified atom stereocenters. The summed E-state index contributed by atoms with van der Waals surface area (Å²) in [5.74, 6) is -1.10. The molecule has 0 saturated carbocycles. The number of carbonyl (C=O) groups is 4. The van der Waals surface area contributed by atoms with Gasteiger partial charge in [0.25, 0.3) is 0 Å². The maximum absolute atomic E-state index is 12.9. The number of nitrogens with two attached hydrogens (primary N) is 1. The lowest BCUT2D eigenvalue weighted by atomic mass is 10.0. The second kappa shape index (κ2) is 14.1. The second-order valence-corrected chi connectivity index (χ2v) is 8.45.